The van der Waals surface area contributed by atoms with E-state index in [-0.39, 0.29) is 0 Å². The van der Waals surface area contributed by atoms with Crippen LogP contribution in [0.1, 0.15) is 263 Å². The van der Waals surface area contributed by atoms with E-state index in [1.54, 1.807) is 0 Å². The smallest absolute Gasteiger partial charge is 0.0533 e. The second kappa shape index (κ2) is 36.2. The van der Waals surface area contributed by atoms with Crippen molar-refractivity contribution in [3.05, 3.63) is 0 Å². The van der Waals surface area contributed by atoms with E-state index in [0.717, 1.165) is 0 Å². The molecule has 0 unspecified atom stereocenters. The van der Waals surface area contributed by atoms with Crippen LogP contribution in [0.15, 0.2) is 0 Å². The molecule has 0 saturated heterocycles. The van der Waals surface area contributed by atoms with Gasteiger partial charge in [0.1, 0.15) is 0 Å². The van der Waals surface area contributed by atoms with Crippen molar-refractivity contribution in [3.8, 4) is 0 Å². The van der Waals surface area contributed by atoms with E-state index in [1.165, 1.54) is 263 Å². The molecule has 0 bridgehead atoms. The molecule has 0 nitrogen and oxygen atoms in total. The molecule has 0 atom stereocenters. The Morgan fingerprint density at radius 3 is 0.0976 bits per heavy atom. The molecule has 0 aromatic rings. The van der Waals surface area contributed by atoms with E-state index in [1.807, 2.05) is 0 Å². The summed E-state index contributed by atoms with van der Waals surface area (Å²) in [4.78, 5) is 0. The van der Waals surface area contributed by atoms with Crippen LogP contribution in [0.25, 0.3) is 0 Å². The maximum absolute atomic E-state index is 1.50. The van der Waals surface area contributed by atoms with Crippen molar-refractivity contribution < 1.29 is 0 Å². The summed E-state index contributed by atoms with van der Waals surface area (Å²) in [6.45, 7) is 0. The van der Waals surface area contributed by atoms with Crippen molar-refractivity contribution in [2.24, 2.45) is 0 Å². The fourth-order valence-corrected chi connectivity index (χ4v) is 7.25. The van der Waals surface area contributed by atoms with Crippen LogP contribution in [0.4, 0.5) is 0 Å². The molecule has 0 heterocycles. The van der Waals surface area contributed by atoms with Gasteiger partial charge in [0.05, 0.1) is 0 Å². The van der Waals surface area contributed by atoms with Gasteiger partial charge >= 0.3 is 0 Å². The predicted molar refractivity (Wildman–Crippen MR) is 189 cm³/mol. The normalized spacial score (nSPS) is 24.0. The first-order valence-electron chi connectivity index (χ1n) is 20.5. The minimum atomic E-state index is 1.50. The molecule has 1 fully saturated rings. The molecule has 0 spiro atoms. The van der Waals surface area contributed by atoms with Crippen LogP contribution in [0.2, 0.25) is 0 Å². The number of rotatable bonds is 0. The summed E-state index contributed by atoms with van der Waals surface area (Å²) in [5.74, 6) is 0. The summed E-state index contributed by atoms with van der Waals surface area (Å²) in [6.07, 6.45) is 61.5. The minimum Gasteiger partial charge on any atom is -0.0533 e. The first-order valence-corrected chi connectivity index (χ1v) is 20.5. The monoisotopic (exact) mass is 575 g/mol. The zero-order chi connectivity index (χ0) is 29.0. The molecule has 0 aromatic heterocycles. The summed E-state index contributed by atoms with van der Waals surface area (Å²) in [5, 5.41) is 0. The Hall–Kier alpha value is 0. The highest BCUT2D eigenvalue weighted by Gasteiger charge is 1.98. The molecule has 41 heavy (non-hydrogen) atoms. The third-order valence-electron chi connectivity index (χ3n) is 10.2. The average molecular weight is 575 g/mol. The van der Waals surface area contributed by atoms with Crippen LogP contribution < -0.4 is 0 Å². The second-order valence-corrected chi connectivity index (χ2v) is 14.5. The van der Waals surface area contributed by atoms with Gasteiger partial charge in [0.2, 0.25) is 0 Å². The van der Waals surface area contributed by atoms with Gasteiger partial charge in [-0.05, 0) is 0 Å². The van der Waals surface area contributed by atoms with Gasteiger partial charge in [-0.15, -0.1) is 0 Å². The van der Waals surface area contributed by atoms with E-state index in [2.05, 4.69) is 0 Å². The standard InChI is InChI=1S/C41H82/c1-2-4-6-8-10-12-14-16-18-20-22-24-26-28-30-32-34-36-38-40-41-39-37-35-33-31-29-27-25-23-21-19-17-15-13-11-9-7-5-3-1/h1-41H2. The summed E-state index contributed by atoms with van der Waals surface area (Å²) in [7, 11) is 0. The van der Waals surface area contributed by atoms with E-state index >= 15 is 0 Å². The summed E-state index contributed by atoms with van der Waals surface area (Å²) in [5.41, 5.74) is 0. The van der Waals surface area contributed by atoms with Crippen LogP contribution in [-0.4, -0.2) is 0 Å². The first-order chi connectivity index (χ1) is 20.5. The molecule has 1 aliphatic rings. The van der Waals surface area contributed by atoms with Gasteiger partial charge in [-0.2, -0.15) is 0 Å². The Balaban J connectivity index is 2.00. The van der Waals surface area contributed by atoms with Crippen molar-refractivity contribution in [2.45, 2.75) is 263 Å². The third-order valence-corrected chi connectivity index (χ3v) is 10.2. The SMILES string of the molecule is C1CCCCCCCCCCCCCCCCCCCCCCCCCCCCCCCCCCCCCCCC1. The van der Waals surface area contributed by atoms with Gasteiger partial charge in [-0.25, -0.2) is 0 Å². The highest BCUT2D eigenvalue weighted by Crippen LogP contribution is 2.18. The van der Waals surface area contributed by atoms with Gasteiger partial charge in [0.25, 0.3) is 0 Å². The number of hydrogen-bond acceptors (Lipinski definition) is 0. The van der Waals surface area contributed by atoms with Crippen LogP contribution in [-0.2, 0) is 0 Å². The molecule has 0 N–H and O–H groups in total. The lowest BCUT2D eigenvalue weighted by molar-refractivity contribution is 0.510. The van der Waals surface area contributed by atoms with Crippen molar-refractivity contribution in [3.63, 3.8) is 0 Å². The van der Waals surface area contributed by atoms with Crippen molar-refractivity contribution >= 4 is 0 Å². The molecule has 0 radical (unpaired) electrons. The predicted octanol–water partition coefficient (Wildman–Crippen LogP) is 16.0. The maximum atomic E-state index is 1.50. The van der Waals surface area contributed by atoms with Gasteiger partial charge in [-0.1, -0.05) is 263 Å². The Kier molecular flexibility index (Phi) is 34.4. The molecule has 1 saturated carbocycles. The Morgan fingerprint density at radius 2 is 0.0732 bits per heavy atom. The lowest BCUT2D eigenvalue weighted by atomic mass is 10.0. The lowest BCUT2D eigenvalue weighted by Gasteiger charge is -2.05. The molecular formula is C41H82. The van der Waals surface area contributed by atoms with Gasteiger partial charge < -0.3 is 0 Å². The van der Waals surface area contributed by atoms with Gasteiger partial charge in [-0.3, -0.25) is 0 Å². The maximum Gasteiger partial charge on any atom is -0.0533 e. The largest absolute Gasteiger partial charge is 0.0533 e. The second-order valence-electron chi connectivity index (χ2n) is 14.5. The lowest BCUT2D eigenvalue weighted by Crippen LogP contribution is -1.85. The van der Waals surface area contributed by atoms with Crippen molar-refractivity contribution in [1.29, 1.82) is 0 Å². The summed E-state index contributed by atoms with van der Waals surface area (Å²) < 4.78 is 0. The molecular weight excluding hydrogens is 492 g/mol. The van der Waals surface area contributed by atoms with Gasteiger partial charge in [0.15, 0.2) is 0 Å². The van der Waals surface area contributed by atoms with E-state index < -0.39 is 0 Å². The van der Waals surface area contributed by atoms with Crippen LogP contribution in [0.5, 0.6) is 0 Å². The molecule has 0 aliphatic heterocycles. The zero-order valence-electron chi connectivity index (χ0n) is 29.0. The molecule has 1 aliphatic carbocycles. The number of hydrogen-bond donors (Lipinski definition) is 0. The van der Waals surface area contributed by atoms with Crippen molar-refractivity contribution in [1.82, 2.24) is 0 Å². The quantitative estimate of drug-likeness (QED) is 0.270. The Morgan fingerprint density at radius 1 is 0.0488 bits per heavy atom. The fourth-order valence-electron chi connectivity index (χ4n) is 7.25. The van der Waals surface area contributed by atoms with Crippen LogP contribution >= 0.6 is 0 Å². The first kappa shape index (κ1) is 39.0. The fraction of sp³-hybridized carbons (Fsp3) is 1.00. The summed E-state index contributed by atoms with van der Waals surface area (Å²) >= 11 is 0. The van der Waals surface area contributed by atoms with Crippen LogP contribution in [0, 0.1) is 0 Å². The third kappa shape index (κ3) is 34.4. The van der Waals surface area contributed by atoms with Gasteiger partial charge in [0, 0.05) is 0 Å². The Labute approximate surface area is 262 Å². The molecule has 1 rings (SSSR count). The highest BCUT2D eigenvalue weighted by molar-refractivity contribution is 4.54. The minimum absolute atomic E-state index is 1.50. The van der Waals surface area contributed by atoms with E-state index in [4.69, 9.17) is 0 Å². The summed E-state index contributed by atoms with van der Waals surface area (Å²) in [6, 6.07) is 0. The molecule has 0 amide bonds. The molecule has 0 heteroatoms. The van der Waals surface area contributed by atoms with E-state index in [0.29, 0.717) is 0 Å². The molecule has 246 valence electrons. The van der Waals surface area contributed by atoms with Crippen LogP contribution in [0.3, 0.4) is 0 Å². The average Bonchev–Trinajstić information content (AvgIpc) is 2.98. The van der Waals surface area contributed by atoms with E-state index in [9.17, 15) is 0 Å². The topological polar surface area (TPSA) is 0 Å². The zero-order valence-corrected chi connectivity index (χ0v) is 29.0. The Bertz CT molecular complexity index is 220. The molecule has 0 aromatic carbocycles. The van der Waals surface area contributed by atoms with Crippen molar-refractivity contribution in [2.75, 3.05) is 0 Å². The highest BCUT2D eigenvalue weighted by atomic mass is 14.0.